The van der Waals surface area contributed by atoms with Gasteiger partial charge in [-0.1, -0.05) is 114 Å². The van der Waals surface area contributed by atoms with Crippen molar-refractivity contribution in [1.29, 1.82) is 0 Å². The van der Waals surface area contributed by atoms with Gasteiger partial charge in [0.1, 0.15) is 0 Å². The van der Waals surface area contributed by atoms with Gasteiger partial charge in [-0.05, 0) is 71.3 Å². The van der Waals surface area contributed by atoms with E-state index in [1.54, 1.807) is 0 Å². The van der Waals surface area contributed by atoms with Crippen molar-refractivity contribution in [3.8, 4) is 0 Å². The summed E-state index contributed by atoms with van der Waals surface area (Å²) in [6.07, 6.45) is 38.5. The van der Waals surface area contributed by atoms with Gasteiger partial charge in [0.25, 0.3) is 0 Å². The normalized spacial score (nSPS) is 14.0. The zero-order chi connectivity index (χ0) is 30.8. The topological polar surface area (TPSA) is 67.8 Å². The Labute approximate surface area is 262 Å². The lowest BCUT2D eigenvalue weighted by molar-refractivity contribution is 0.154. The highest BCUT2D eigenvalue weighted by Crippen LogP contribution is 2.09. The minimum absolute atomic E-state index is 0.243. The van der Waals surface area contributed by atoms with Gasteiger partial charge in [0.2, 0.25) is 0 Å². The third-order valence-electron chi connectivity index (χ3n) is 7.54. The number of nitrogens with zero attached hydrogens (tertiary/aromatic N) is 1. The summed E-state index contributed by atoms with van der Waals surface area (Å²) in [5.74, 6) is 0. The van der Waals surface area contributed by atoms with Crippen molar-refractivity contribution in [2.45, 2.75) is 142 Å². The number of allylic oxidation sites excluding steroid dienone is 8. The van der Waals surface area contributed by atoms with E-state index in [1.807, 2.05) is 0 Å². The standard InChI is InChI=1S/C37H71N3O2/c1-4-6-8-10-12-14-16-18-20-22-24-26-28-36(41)34-38-30-32-40(3)33-31-39-35-37(42)29-27-25-23-21-19-17-15-13-11-9-7-5-2/h8-11,14-17,36-39,41-42H,4-7,12-13,18-35H2,1-3H3/b10-8-,11-9-,16-14-,17-15-. The van der Waals surface area contributed by atoms with Crippen LogP contribution in [0.15, 0.2) is 48.6 Å². The average molecular weight is 590 g/mol. The number of aliphatic hydroxyl groups is 2. The molecule has 5 heteroatoms. The van der Waals surface area contributed by atoms with E-state index in [-0.39, 0.29) is 12.2 Å². The minimum Gasteiger partial charge on any atom is -0.392 e. The number of unbranched alkanes of at least 4 members (excludes halogenated alkanes) is 10. The third-order valence-corrected chi connectivity index (χ3v) is 7.54. The molecule has 0 fully saturated rings. The smallest absolute Gasteiger partial charge is 0.0664 e. The zero-order valence-corrected chi connectivity index (χ0v) is 28.1. The molecular formula is C37H71N3O2. The molecule has 0 amide bonds. The van der Waals surface area contributed by atoms with Gasteiger partial charge >= 0.3 is 0 Å². The molecule has 0 aromatic rings. The van der Waals surface area contributed by atoms with Crippen LogP contribution in [-0.4, -0.2) is 73.6 Å². The van der Waals surface area contributed by atoms with E-state index in [1.165, 1.54) is 77.0 Å². The lowest BCUT2D eigenvalue weighted by Gasteiger charge is -2.19. The van der Waals surface area contributed by atoms with Crippen LogP contribution in [0.3, 0.4) is 0 Å². The fourth-order valence-electron chi connectivity index (χ4n) is 4.73. The summed E-state index contributed by atoms with van der Waals surface area (Å²) in [5, 5.41) is 27.3. The van der Waals surface area contributed by atoms with Crippen LogP contribution in [0.1, 0.15) is 129 Å². The highest BCUT2D eigenvalue weighted by Gasteiger charge is 2.06. The first-order valence-corrected chi connectivity index (χ1v) is 17.7. The average Bonchev–Trinajstić information content (AvgIpc) is 2.98. The Morgan fingerprint density at radius 3 is 1.31 bits per heavy atom. The highest BCUT2D eigenvalue weighted by atomic mass is 16.3. The van der Waals surface area contributed by atoms with Gasteiger partial charge in [-0.25, -0.2) is 0 Å². The Morgan fingerprint density at radius 2 is 0.905 bits per heavy atom. The second kappa shape index (κ2) is 34.3. The highest BCUT2D eigenvalue weighted by molar-refractivity contribution is 4.93. The zero-order valence-electron chi connectivity index (χ0n) is 28.1. The van der Waals surface area contributed by atoms with Gasteiger partial charge in [0.15, 0.2) is 0 Å². The van der Waals surface area contributed by atoms with Crippen LogP contribution in [-0.2, 0) is 0 Å². The van der Waals surface area contributed by atoms with Gasteiger partial charge in [0, 0.05) is 39.3 Å². The molecule has 0 saturated heterocycles. The fraction of sp³-hybridized carbons (Fsp3) is 0.784. The summed E-state index contributed by atoms with van der Waals surface area (Å²) >= 11 is 0. The molecule has 246 valence electrons. The molecule has 0 heterocycles. The van der Waals surface area contributed by atoms with Crippen LogP contribution in [0.5, 0.6) is 0 Å². The number of aliphatic hydroxyl groups excluding tert-OH is 2. The number of hydrogen-bond acceptors (Lipinski definition) is 5. The van der Waals surface area contributed by atoms with Crippen molar-refractivity contribution < 1.29 is 10.2 Å². The molecule has 0 aromatic heterocycles. The van der Waals surface area contributed by atoms with Crippen molar-refractivity contribution in [3.63, 3.8) is 0 Å². The molecule has 0 aliphatic rings. The molecule has 42 heavy (non-hydrogen) atoms. The Hall–Kier alpha value is -1.24. The first-order chi connectivity index (χ1) is 20.6. The van der Waals surface area contributed by atoms with Crippen molar-refractivity contribution in [2.24, 2.45) is 0 Å². The molecule has 0 radical (unpaired) electrons. The van der Waals surface area contributed by atoms with E-state index >= 15 is 0 Å². The Bertz CT molecular complexity index is 593. The minimum atomic E-state index is -0.243. The summed E-state index contributed by atoms with van der Waals surface area (Å²) in [6.45, 7) is 9.49. The molecule has 4 N–H and O–H groups in total. The van der Waals surface area contributed by atoms with Crippen LogP contribution in [0, 0.1) is 0 Å². The lowest BCUT2D eigenvalue weighted by atomic mass is 10.1. The molecule has 0 aliphatic carbocycles. The van der Waals surface area contributed by atoms with E-state index in [9.17, 15) is 10.2 Å². The fourth-order valence-corrected chi connectivity index (χ4v) is 4.73. The maximum atomic E-state index is 10.2. The predicted molar refractivity (Wildman–Crippen MR) is 186 cm³/mol. The predicted octanol–water partition coefficient (Wildman–Crippen LogP) is 8.11. The second-order valence-corrected chi connectivity index (χ2v) is 11.9. The molecular weight excluding hydrogens is 518 g/mol. The molecule has 0 aliphatic heterocycles. The number of likely N-dealkylation sites (N-methyl/N-ethyl adjacent to an activating group) is 1. The molecule has 0 bridgehead atoms. The molecule has 0 saturated carbocycles. The maximum absolute atomic E-state index is 10.2. The second-order valence-electron chi connectivity index (χ2n) is 11.9. The molecule has 0 aromatic carbocycles. The number of hydrogen-bond donors (Lipinski definition) is 4. The van der Waals surface area contributed by atoms with E-state index in [0.29, 0.717) is 13.1 Å². The number of nitrogens with one attached hydrogen (secondary N) is 2. The van der Waals surface area contributed by atoms with E-state index in [2.05, 4.69) is 85.0 Å². The summed E-state index contributed by atoms with van der Waals surface area (Å²) < 4.78 is 0. The summed E-state index contributed by atoms with van der Waals surface area (Å²) in [6, 6.07) is 0. The first kappa shape index (κ1) is 40.8. The molecule has 2 unspecified atom stereocenters. The van der Waals surface area contributed by atoms with Crippen molar-refractivity contribution in [1.82, 2.24) is 15.5 Å². The monoisotopic (exact) mass is 590 g/mol. The molecule has 2 atom stereocenters. The van der Waals surface area contributed by atoms with Crippen LogP contribution in [0.25, 0.3) is 0 Å². The largest absolute Gasteiger partial charge is 0.392 e. The molecule has 0 spiro atoms. The van der Waals surface area contributed by atoms with E-state index in [4.69, 9.17) is 0 Å². The van der Waals surface area contributed by atoms with Crippen molar-refractivity contribution in [3.05, 3.63) is 48.6 Å². The van der Waals surface area contributed by atoms with Crippen molar-refractivity contribution in [2.75, 3.05) is 46.3 Å². The van der Waals surface area contributed by atoms with Gasteiger partial charge < -0.3 is 25.7 Å². The lowest BCUT2D eigenvalue weighted by Crippen LogP contribution is -2.38. The van der Waals surface area contributed by atoms with Gasteiger partial charge in [-0.15, -0.1) is 0 Å². The molecule has 0 rings (SSSR count). The van der Waals surface area contributed by atoms with Gasteiger partial charge in [0.05, 0.1) is 12.2 Å². The van der Waals surface area contributed by atoms with Crippen LogP contribution < -0.4 is 10.6 Å². The van der Waals surface area contributed by atoms with E-state index < -0.39 is 0 Å². The SMILES string of the molecule is CCC/C=C\C/C=C\CCCCCCC(O)CNCCN(C)CCNCC(O)CCCCCC/C=C\C/C=C\CCC. The number of rotatable bonds is 32. The van der Waals surface area contributed by atoms with Gasteiger partial charge in [-0.3, -0.25) is 0 Å². The Kier molecular flexibility index (Phi) is 33.2. The van der Waals surface area contributed by atoms with E-state index in [0.717, 1.165) is 64.7 Å². The van der Waals surface area contributed by atoms with Crippen LogP contribution in [0.4, 0.5) is 0 Å². The molecule has 5 nitrogen and oxygen atoms in total. The summed E-state index contributed by atoms with van der Waals surface area (Å²) in [4.78, 5) is 2.30. The maximum Gasteiger partial charge on any atom is 0.0664 e. The quantitative estimate of drug-likeness (QED) is 0.0471. The Balaban J connectivity index is 3.46. The summed E-state index contributed by atoms with van der Waals surface area (Å²) in [7, 11) is 2.13. The van der Waals surface area contributed by atoms with Crippen molar-refractivity contribution >= 4 is 0 Å². The third kappa shape index (κ3) is 33.3. The summed E-state index contributed by atoms with van der Waals surface area (Å²) in [5.41, 5.74) is 0. The Morgan fingerprint density at radius 1 is 0.524 bits per heavy atom. The van der Waals surface area contributed by atoms with Crippen LogP contribution >= 0.6 is 0 Å². The van der Waals surface area contributed by atoms with Gasteiger partial charge in [-0.2, -0.15) is 0 Å². The van der Waals surface area contributed by atoms with Crippen LogP contribution in [0.2, 0.25) is 0 Å². The first-order valence-electron chi connectivity index (χ1n) is 17.7.